The predicted molar refractivity (Wildman–Crippen MR) is 107 cm³/mol. The third kappa shape index (κ3) is 3.86. The maximum Gasteiger partial charge on any atom is 0.413 e. The minimum Gasteiger partial charge on any atom is -0.391 e. The van der Waals surface area contributed by atoms with E-state index >= 15 is 4.39 Å². The van der Waals surface area contributed by atoms with Gasteiger partial charge in [-0.25, -0.2) is 0 Å². The fourth-order valence-corrected chi connectivity index (χ4v) is 4.67. The van der Waals surface area contributed by atoms with Crippen LogP contribution in [0.3, 0.4) is 0 Å². The van der Waals surface area contributed by atoms with Gasteiger partial charge in [0.2, 0.25) is 11.8 Å². The van der Waals surface area contributed by atoms with Crippen LogP contribution in [0.15, 0.2) is 4.79 Å². The number of halogens is 4. The van der Waals surface area contributed by atoms with Crippen molar-refractivity contribution in [3.63, 3.8) is 0 Å². The standard InChI is InChI=1S/C20H28F4N4O4/c1-12-10-32-8-5-26(12)16-15(21)17(30)27-11-19(2,20(22,23)24)28(18(27)25-16)9-14(29)13-3-6-31-7-4-13/h12-14,29H,3-11H2,1-2H3. The highest BCUT2D eigenvalue weighted by Crippen LogP contribution is 2.44. The number of β-amino-alcohol motifs (C(OH)–C–C–N with tert-alkyl or cyclic N) is 1. The Morgan fingerprint density at radius 2 is 1.94 bits per heavy atom. The number of aliphatic hydroxyl groups excluding tert-OH is 1. The van der Waals surface area contributed by atoms with Crippen molar-refractivity contribution >= 4 is 11.8 Å². The number of nitrogens with zero attached hydrogens (tertiary/aromatic N) is 4. The number of morpholine rings is 1. The zero-order chi connectivity index (χ0) is 23.3. The number of alkyl halides is 3. The zero-order valence-electron chi connectivity index (χ0n) is 18.1. The monoisotopic (exact) mass is 464 g/mol. The lowest BCUT2D eigenvalue weighted by Gasteiger charge is -2.39. The number of hydrogen-bond donors (Lipinski definition) is 1. The summed E-state index contributed by atoms with van der Waals surface area (Å²) in [6, 6.07) is -0.301. The van der Waals surface area contributed by atoms with Crippen LogP contribution in [0.1, 0.15) is 26.7 Å². The van der Waals surface area contributed by atoms with Crippen molar-refractivity contribution in [2.45, 2.75) is 57.1 Å². The van der Waals surface area contributed by atoms with Crippen molar-refractivity contribution in [2.24, 2.45) is 5.92 Å². The second-order valence-electron chi connectivity index (χ2n) is 8.96. The Labute approximate surface area is 182 Å². The molecule has 3 atom stereocenters. The summed E-state index contributed by atoms with van der Waals surface area (Å²) in [6.45, 7) is 3.22. The van der Waals surface area contributed by atoms with Gasteiger partial charge in [-0.15, -0.1) is 0 Å². The van der Waals surface area contributed by atoms with Crippen molar-refractivity contribution in [3.8, 4) is 0 Å². The molecule has 3 aliphatic rings. The highest BCUT2D eigenvalue weighted by Gasteiger charge is 2.60. The van der Waals surface area contributed by atoms with E-state index < -0.39 is 35.7 Å². The minimum atomic E-state index is -4.74. The van der Waals surface area contributed by atoms with Gasteiger partial charge in [-0.2, -0.15) is 22.5 Å². The summed E-state index contributed by atoms with van der Waals surface area (Å²) in [5, 5.41) is 10.8. The minimum absolute atomic E-state index is 0.235. The molecule has 1 aromatic heterocycles. The van der Waals surface area contributed by atoms with Gasteiger partial charge in [0, 0.05) is 26.3 Å². The first kappa shape index (κ1) is 23.2. The van der Waals surface area contributed by atoms with Crippen LogP contribution in [0.2, 0.25) is 0 Å². The molecule has 1 N–H and O–H groups in total. The molecule has 180 valence electrons. The van der Waals surface area contributed by atoms with Crippen LogP contribution in [0, 0.1) is 11.7 Å². The Balaban J connectivity index is 1.76. The van der Waals surface area contributed by atoms with Crippen molar-refractivity contribution in [1.29, 1.82) is 0 Å². The van der Waals surface area contributed by atoms with Gasteiger partial charge < -0.3 is 24.4 Å². The van der Waals surface area contributed by atoms with Crippen LogP contribution < -0.4 is 15.4 Å². The van der Waals surface area contributed by atoms with Gasteiger partial charge >= 0.3 is 6.18 Å². The molecule has 0 aliphatic carbocycles. The van der Waals surface area contributed by atoms with E-state index in [0.29, 0.717) is 26.1 Å². The molecule has 3 aliphatic heterocycles. The molecule has 4 rings (SSSR count). The van der Waals surface area contributed by atoms with E-state index in [9.17, 15) is 23.1 Å². The molecule has 0 bridgehead atoms. The van der Waals surface area contributed by atoms with Crippen LogP contribution in [-0.4, -0.2) is 78.0 Å². The van der Waals surface area contributed by atoms with Gasteiger partial charge in [-0.05, 0) is 32.6 Å². The topological polar surface area (TPSA) is 80.1 Å². The van der Waals surface area contributed by atoms with E-state index in [0.717, 1.165) is 16.4 Å². The maximum absolute atomic E-state index is 15.0. The van der Waals surface area contributed by atoms with E-state index in [2.05, 4.69) is 4.98 Å². The maximum atomic E-state index is 15.0. The molecule has 1 aromatic rings. The molecule has 0 aromatic carbocycles. The molecule has 12 heteroatoms. The quantitative estimate of drug-likeness (QED) is 0.678. The van der Waals surface area contributed by atoms with Crippen LogP contribution in [0.4, 0.5) is 29.3 Å². The number of fused-ring (bicyclic) bond motifs is 1. The van der Waals surface area contributed by atoms with E-state index in [1.165, 1.54) is 4.90 Å². The van der Waals surface area contributed by atoms with E-state index in [-0.39, 0.29) is 50.0 Å². The van der Waals surface area contributed by atoms with Crippen molar-refractivity contribution in [1.82, 2.24) is 9.55 Å². The summed E-state index contributed by atoms with van der Waals surface area (Å²) in [7, 11) is 0. The van der Waals surface area contributed by atoms with Gasteiger partial charge in [-0.1, -0.05) is 0 Å². The van der Waals surface area contributed by atoms with E-state index in [1.54, 1.807) is 6.92 Å². The molecule has 0 amide bonds. The van der Waals surface area contributed by atoms with Crippen LogP contribution >= 0.6 is 0 Å². The Morgan fingerprint density at radius 1 is 1.25 bits per heavy atom. The number of ether oxygens (including phenoxy) is 2. The summed E-state index contributed by atoms with van der Waals surface area (Å²) in [6.07, 6.45) is -4.78. The van der Waals surface area contributed by atoms with Gasteiger partial charge in [0.15, 0.2) is 11.4 Å². The average molecular weight is 464 g/mol. The first-order chi connectivity index (χ1) is 15.0. The Kier molecular flexibility index (Phi) is 6.14. The fourth-order valence-electron chi connectivity index (χ4n) is 4.67. The lowest BCUT2D eigenvalue weighted by Crippen LogP contribution is -2.58. The molecule has 0 saturated carbocycles. The molecule has 3 unspecified atom stereocenters. The fraction of sp³-hybridized carbons (Fsp3) is 0.800. The molecular formula is C20H28F4N4O4. The van der Waals surface area contributed by atoms with Gasteiger partial charge in [0.1, 0.15) is 0 Å². The molecule has 32 heavy (non-hydrogen) atoms. The summed E-state index contributed by atoms with van der Waals surface area (Å²) in [5.41, 5.74) is -3.66. The first-order valence-corrected chi connectivity index (χ1v) is 10.8. The number of hydrogen-bond acceptors (Lipinski definition) is 7. The molecule has 0 spiro atoms. The second-order valence-corrected chi connectivity index (χ2v) is 8.96. The lowest BCUT2D eigenvalue weighted by molar-refractivity contribution is -0.183. The first-order valence-electron chi connectivity index (χ1n) is 10.8. The van der Waals surface area contributed by atoms with Crippen molar-refractivity contribution in [3.05, 3.63) is 16.2 Å². The normalized spacial score (nSPS) is 28.2. The number of aliphatic hydroxyl groups is 1. The number of rotatable bonds is 4. The van der Waals surface area contributed by atoms with Gasteiger partial charge in [-0.3, -0.25) is 9.36 Å². The molecule has 8 nitrogen and oxygen atoms in total. The third-order valence-electron chi connectivity index (χ3n) is 6.81. The summed E-state index contributed by atoms with van der Waals surface area (Å²) in [5.74, 6) is -1.98. The van der Waals surface area contributed by atoms with Gasteiger partial charge in [0.25, 0.3) is 5.56 Å². The third-order valence-corrected chi connectivity index (χ3v) is 6.81. The molecule has 2 saturated heterocycles. The van der Waals surface area contributed by atoms with Crippen LogP contribution in [-0.2, 0) is 16.0 Å². The number of anilines is 2. The van der Waals surface area contributed by atoms with Crippen molar-refractivity contribution < 1.29 is 32.1 Å². The predicted octanol–water partition coefficient (Wildman–Crippen LogP) is 1.54. The molecule has 4 heterocycles. The summed E-state index contributed by atoms with van der Waals surface area (Å²) in [4.78, 5) is 19.5. The molecule has 0 radical (unpaired) electrons. The summed E-state index contributed by atoms with van der Waals surface area (Å²) >= 11 is 0. The molecule has 2 fully saturated rings. The molecular weight excluding hydrogens is 436 g/mol. The van der Waals surface area contributed by atoms with E-state index in [1.807, 2.05) is 0 Å². The number of aromatic nitrogens is 2. The zero-order valence-corrected chi connectivity index (χ0v) is 18.1. The van der Waals surface area contributed by atoms with Crippen LogP contribution in [0.25, 0.3) is 0 Å². The highest BCUT2D eigenvalue weighted by atomic mass is 19.4. The highest BCUT2D eigenvalue weighted by molar-refractivity contribution is 5.51. The van der Waals surface area contributed by atoms with Crippen LogP contribution in [0.5, 0.6) is 0 Å². The lowest BCUT2D eigenvalue weighted by atomic mass is 9.92. The largest absolute Gasteiger partial charge is 0.413 e. The Bertz CT molecular complexity index is 905. The smallest absolute Gasteiger partial charge is 0.391 e. The van der Waals surface area contributed by atoms with E-state index in [4.69, 9.17) is 9.47 Å². The van der Waals surface area contributed by atoms with Crippen molar-refractivity contribution in [2.75, 3.05) is 49.3 Å². The Hall–Kier alpha value is -1.92. The summed E-state index contributed by atoms with van der Waals surface area (Å²) < 4.78 is 68.9. The average Bonchev–Trinajstić information content (AvgIpc) is 3.05. The SMILES string of the molecule is CC1COCCN1c1nc2n(c(=O)c1F)CC(C)(C(F)(F)F)N2CC(O)C1CCOCC1. The Morgan fingerprint density at radius 3 is 2.56 bits per heavy atom. The second kappa shape index (κ2) is 8.45. The van der Waals surface area contributed by atoms with Gasteiger partial charge in [0.05, 0.1) is 31.9 Å².